The molecule has 1 amide bonds. The molecule has 0 aromatic heterocycles. The molecule has 1 aromatic carbocycles. The van der Waals surface area contributed by atoms with Crippen LogP contribution < -0.4 is 4.74 Å². The van der Waals surface area contributed by atoms with Gasteiger partial charge in [-0.25, -0.2) is 0 Å². The Morgan fingerprint density at radius 3 is 2.78 bits per heavy atom. The zero-order chi connectivity index (χ0) is 13.0. The fourth-order valence-corrected chi connectivity index (χ4v) is 1.92. The van der Waals surface area contributed by atoms with Gasteiger partial charge in [0.05, 0.1) is 0 Å². The molecule has 0 aliphatic carbocycles. The number of carbonyl (C=O) groups is 1. The minimum Gasteiger partial charge on any atom is -0.479 e. The van der Waals surface area contributed by atoms with Gasteiger partial charge in [0.2, 0.25) is 5.91 Å². The molecule has 0 fully saturated rings. The van der Waals surface area contributed by atoms with Gasteiger partial charge in [-0.3, -0.25) is 4.79 Å². The van der Waals surface area contributed by atoms with Gasteiger partial charge in [0.15, 0.2) is 6.61 Å². The summed E-state index contributed by atoms with van der Waals surface area (Å²) in [5.41, 5.74) is 1.91. The molecule has 0 spiro atoms. The molecule has 0 saturated heterocycles. The summed E-state index contributed by atoms with van der Waals surface area (Å²) in [7, 11) is 1.79. The van der Waals surface area contributed by atoms with Crippen molar-refractivity contribution in [1.82, 2.24) is 4.90 Å². The average molecular weight is 242 g/mol. The third kappa shape index (κ3) is 2.51. The molecular weight excluding hydrogens is 228 g/mol. The molecule has 92 valence electrons. The van der Waals surface area contributed by atoms with E-state index in [9.17, 15) is 4.79 Å². The Bertz CT molecular complexity index is 512. The number of amides is 1. The van der Waals surface area contributed by atoms with Gasteiger partial charge in [0.25, 0.3) is 0 Å². The average Bonchev–Trinajstić information content (AvgIpc) is 2.40. The third-order valence-electron chi connectivity index (χ3n) is 2.88. The lowest BCUT2D eigenvalue weighted by Gasteiger charge is -2.24. The lowest BCUT2D eigenvalue weighted by Crippen LogP contribution is -2.27. The van der Waals surface area contributed by atoms with Crippen LogP contribution in [0.2, 0.25) is 0 Å². The topological polar surface area (TPSA) is 53.3 Å². The minimum absolute atomic E-state index is 0.0421. The SMILES string of the molecule is CN1C(=O)CCC=C1c1ccc(OCC#N)cc1. The van der Waals surface area contributed by atoms with Gasteiger partial charge in [-0.1, -0.05) is 6.08 Å². The second-order valence-electron chi connectivity index (χ2n) is 4.05. The largest absolute Gasteiger partial charge is 0.479 e. The number of carbonyl (C=O) groups excluding carboxylic acids is 1. The summed E-state index contributed by atoms with van der Waals surface area (Å²) in [6, 6.07) is 9.33. The van der Waals surface area contributed by atoms with Gasteiger partial charge in [-0.15, -0.1) is 0 Å². The maximum absolute atomic E-state index is 11.6. The van der Waals surface area contributed by atoms with Gasteiger partial charge in [0.1, 0.15) is 11.8 Å². The highest BCUT2D eigenvalue weighted by Gasteiger charge is 2.18. The predicted octanol–water partition coefficient (Wildman–Crippen LogP) is 2.18. The number of hydrogen-bond donors (Lipinski definition) is 0. The summed E-state index contributed by atoms with van der Waals surface area (Å²) in [5.74, 6) is 0.794. The second-order valence-corrected chi connectivity index (χ2v) is 4.05. The van der Waals surface area contributed by atoms with Crippen molar-refractivity contribution in [2.45, 2.75) is 12.8 Å². The van der Waals surface area contributed by atoms with E-state index in [0.717, 1.165) is 17.7 Å². The molecule has 1 aliphatic heterocycles. The van der Waals surface area contributed by atoms with E-state index >= 15 is 0 Å². The van der Waals surface area contributed by atoms with Crippen molar-refractivity contribution in [3.8, 4) is 11.8 Å². The van der Waals surface area contributed by atoms with Crippen LogP contribution in [-0.2, 0) is 4.79 Å². The summed E-state index contributed by atoms with van der Waals surface area (Å²) in [6.45, 7) is 0.0421. The number of benzene rings is 1. The molecule has 4 heteroatoms. The minimum atomic E-state index is 0.0421. The molecule has 0 saturated carbocycles. The molecule has 1 aromatic rings. The van der Waals surface area contributed by atoms with E-state index in [2.05, 4.69) is 6.08 Å². The van der Waals surface area contributed by atoms with E-state index in [1.165, 1.54) is 0 Å². The van der Waals surface area contributed by atoms with Gasteiger partial charge >= 0.3 is 0 Å². The highest BCUT2D eigenvalue weighted by molar-refractivity contribution is 5.88. The summed E-state index contributed by atoms with van der Waals surface area (Å²) < 4.78 is 5.18. The first-order valence-corrected chi connectivity index (χ1v) is 5.79. The number of hydrogen-bond acceptors (Lipinski definition) is 3. The van der Waals surface area contributed by atoms with Crippen LogP contribution in [0, 0.1) is 11.3 Å². The molecule has 0 N–H and O–H groups in total. The van der Waals surface area contributed by atoms with E-state index in [-0.39, 0.29) is 12.5 Å². The van der Waals surface area contributed by atoms with Crippen LogP contribution in [0.15, 0.2) is 30.3 Å². The normalized spacial score (nSPS) is 15.0. The lowest BCUT2D eigenvalue weighted by molar-refractivity contribution is -0.127. The predicted molar refractivity (Wildman–Crippen MR) is 67.5 cm³/mol. The molecular formula is C14H14N2O2. The van der Waals surface area contributed by atoms with Crippen LogP contribution in [-0.4, -0.2) is 24.5 Å². The van der Waals surface area contributed by atoms with Crippen molar-refractivity contribution in [3.63, 3.8) is 0 Å². The number of nitriles is 1. The molecule has 0 radical (unpaired) electrons. The quantitative estimate of drug-likeness (QED) is 0.816. The van der Waals surface area contributed by atoms with E-state index in [0.29, 0.717) is 12.2 Å². The van der Waals surface area contributed by atoms with Crippen LogP contribution in [0.4, 0.5) is 0 Å². The molecule has 0 unspecified atom stereocenters. The van der Waals surface area contributed by atoms with Crippen molar-refractivity contribution < 1.29 is 9.53 Å². The summed E-state index contributed by atoms with van der Waals surface area (Å²) >= 11 is 0. The Labute approximate surface area is 106 Å². The van der Waals surface area contributed by atoms with Crippen LogP contribution in [0.25, 0.3) is 5.70 Å². The van der Waals surface area contributed by atoms with Crippen molar-refractivity contribution in [2.24, 2.45) is 0 Å². The molecule has 2 rings (SSSR count). The number of rotatable bonds is 3. The standard InChI is InChI=1S/C14H14N2O2/c1-16-13(3-2-4-14(16)17)11-5-7-12(8-6-11)18-10-9-15/h3,5-8H,2,4,10H2,1H3. The molecule has 1 aliphatic rings. The van der Waals surface area contributed by atoms with Gasteiger partial charge < -0.3 is 9.64 Å². The Morgan fingerprint density at radius 2 is 2.11 bits per heavy atom. The third-order valence-corrected chi connectivity index (χ3v) is 2.88. The summed E-state index contributed by atoms with van der Waals surface area (Å²) in [5, 5.41) is 8.42. The molecule has 18 heavy (non-hydrogen) atoms. The highest BCUT2D eigenvalue weighted by atomic mass is 16.5. The Kier molecular flexibility index (Phi) is 3.63. The van der Waals surface area contributed by atoms with Crippen molar-refractivity contribution in [1.29, 1.82) is 5.26 Å². The Hall–Kier alpha value is -2.28. The van der Waals surface area contributed by atoms with Crippen molar-refractivity contribution >= 4 is 11.6 Å². The number of nitrogens with zero attached hydrogens (tertiary/aromatic N) is 2. The summed E-state index contributed by atoms with van der Waals surface area (Å²) in [4.78, 5) is 13.3. The maximum atomic E-state index is 11.6. The monoisotopic (exact) mass is 242 g/mol. The maximum Gasteiger partial charge on any atom is 0.227 e. The van der Waals surface area contributed by atoms with Crippen LogP contribution in [0.5, 0.6) is 5.75 Å². The molecule has 1 heterocycles. The molecule has 0 bridgehead atoms. The van der Waals surface area contributed by atoms with E-state index in [4.69, 9.17) is 10.00 Å². The van der Waals surface area contributed by atoms with E-state index in [1.807, 2.05) is 18.2 Å². The Balaban J connectivity index is 2.17. The smallest absolute Gasteiger partial charge is 0.227 e. The fourth-order valence-electron chi connectivity index (χ4n) is 1.92. The first-order chi connectivity index (χ1) is 8.72. The van der Waals surface area contributed by atoms with Gasteiger partial charge in [-0.05, 0) is 36.2 Å². The van der Waals surface area contributed by atoms with E-state index in [1.54, 1.807) is 24.1 Å². The number of ether oxygens (including phenoxy) is 1. The van der Waals surface area contributed by atoms with Gasteiger partial charge in [-0.2, -0.15) is 5.26 Å². The molecule has 4 nitrogen and oxygen atoms in total. The lowest BCUT2D eigenvalue weighted by atomic mass is 10.1. The van der Waals surface area contributed by atoms with Crippen LogP contribution >= 0.6 is 0 Å². The van der Waals surface area contributed by atoms with Crippen molar-refractivity contribution in [2.75, 3.05) is 13.7 Å². The van der Waals surface area contributed by atoms with Crippen LogP contribution in [0.3, 0.4) is 0 Å². The second kappa shape index (κ2) is 5.37. The highest BCUT2D eigenvalue weighted by Crippen LogP contribution is 2.25. The van der Waals surface area contributed by atoms with Gasteiger partial charge in [0, 0.05) is 19.2 Å². The zero-order valence-electron chi connectivity index (χ0n) is 10.2. The molecule has 0 atom stereocenters. The fraction of sp³-hybridized carbons (Fsp3) is 0.286. The first-order valence-electron chi connectivity index (χ1n) is 5.79. The zero-order valence-corrected chi connectivity index (χ0v) is 10.2. The van der Waals surface area contributed by atoms with Crippen molar-refractivity contribution in [3.05, 3.63) is 35.9 Å². The Morgan fingerprint density at radius 1 is 1.39 bits per heavy atom. The number of allylic oxidation sites excluding steroid dienone is 1. The van der Waals surface area contributed by atoms with Crippen LogP contribution in [0.1, 0.15) is 18.4 Å². The summed E-state index contributed by atoms with van der Waals surface area (Å²) in [6.07, 6.45) is 3.42. The first kappa shape index (κ1) is 12.2. The van der Waals surface area contributed by atoms with E-state index < -0.39 is 0 Å².